The third-order valence-corrected chi connectivity index (χ3v) is 3.13. The summed E-state index contributed by atoms with van der Waals surface area (Å²) in [6.45, 7) is 2.02. The van der Waals surface area contributed by atoms with Crippen LogP contribution in [0.15, 0.2) is 63.2 Å². The van der Waals surface area contributed by atoms with Crippen LogP contribution < -0.4 is 0 Å². The monoisotopic (exact) mass is 274 g/mol. The summed E-state index contributed by atoms with van der Waals surface area (Å²) < 4.78 is 1.05. The summed E-state index contributed by atoms with van der Waals surface area (Å²) in [6, 6.07) is 15.6. The maximum absolute atomic E-state index is 4.23. The van der Waals surface area contributed by atoms with Crippen molar-refractivity contribution in [3.8, 4) is 0 Å². The van der Waals surface area contributed by atoms with Crippen molar-refractivity contribution < 1.29 is 0 Å². The lowest BCUT2D eigenvalue weighted by Gasteiger charge is -2.00. The second-order valence-corrected chi connectivity index (χ2v) is 4.27. The molecule has 2 aromatic rings. The molecule has 0 amide bonds. The van der Waals surface area contributed by atoms with E-state index in [0.717, 1.165) is 21.4 Å². The average molecular weight is 275 g/mol. The van der Waals surface area contributed by atoms with Gasteiger partial charge in [-0.25, -0.2) is 0 Å². The minimum Gasteiger partial charge on any atom is -0.151 e. The van der Waals surface area contributed by atoms with Gasteiger partial charge in [-0.3, -0.25) is 0 Å². The Hall–Kier alpha value is -1.48. The second-order valence-electron chi connectivity index (χ2n) is 3.42. The summed E-state index contributed by atoms with van der Waals surface area (Å²) in [5.41, 5.74) is 2.85. The van der Waals surface area contributed by atoms with E-state index in [2.05, 4.69) is 26.2 Å². The van der Waals surface area contributed by atoms with Gasteiger partial charge in [0.2, 0.25) is 0 Å². The largest absolute Gasteiger partial charge is 0.151 e. The number of halogens is 1. The van der Waals surface area contributed by atoms with Crippen LogP contribution in [0, 0.1) is 6.92 Å². The third kappa shape index (κ3) is 2.55. The lowest BCUT2D eigenvalue weighted by molar-refractivity contribution is 1.20. The van der Waals surface area contributed by atoms with Gasteiger partial charge in [-0.2, -0.15) is 10.2 Å². The van der Waals surface area contributed by atoms with Crippen molar-refractivity contribution in [1.29, 1.82) is 0 Å². The molecule has 0 heterocycles. The van der Waals surface area contributed by atoms with Crippen molar-refractivity contribution >= 4 is 27.3 Å². The standard InChI is InChI=1S/C13H11BrN2/c1-10-12(14)8-5-9-13(10)16-15-11-6-3-2-4-7-11/h2-9H,1H3. The molecule has 2 rings (SSSR count). The molecule has 0 radical (unpaired) electrons. The Labute approximate surface area is 103 Å². The van der Waals surface area contributed by atoms with Crippen LogP contribution in [0.5, 0.6) is 0 Å². The summed E-state index contributed by atoms with van der Waals surface area (Å²) in [7, 11) is 0. The molecule has 0 aliphatic heterocycles. The Kier molecular flexibility index (Phi) is 3.47. The molecule has 16 heavy (non-hydrogen) atoms. The normalized spacial score (nSPS) is 10.9. The Morgan fingerprint density at radius 3 is 2.38 bits per heavy atom. The summed E-state index contributed by atoms with van der Waals surface area (Å²) in [5, 5.41) is 8.41. The third-order valence-electron chi connectivity index (χ3n) is 2.27. The zero-order valence-electron chi connectivity index (χ0n) is 8.89. The van der Waals surface area contributed by atoms with Gasteiger partial charge in [0.05, 0.1) is 11.4 Å². The molecule has 0 bridgehead atoms. The van der Waals surface area contributed by atoms with Gasteiger partial charge in [0.25, 0.3) is 0 Å². The van der Waals surface area contributed by atoms with Crippen LogP contribution in [0.4, 0.5) is 11.4 Å². The molecule has 0 N–H and O–H groups in total. The Bertz CT molecular complexity index is 507. The predicted molar refractivity (Wildman–Crippen MR) is 69.5 cm³/mol. The maximum atomic E-state index is 4.23. The van der Waals surface area contributed by atoms with Crippen molar-refractivity contribution in [2.45, 2.75) is 6.92 Å². The highest BCUT2D eigenvalue weighted by atomic mass is 79.9. The molecule has 0 atom stereocenters. The number of hydrogen-bond acceptors (Lipinski definition) is 2. The van der Waals surface area contributed by atoms with Crippen LogP contribution in [0.1, 0.15) is 5.56 Å². The molecule has 0 saturated carbocycles. The second kappa shape index (κ2) is 5.03. The molecule has 80 valence electrons. The van der Waals surface area contributed by atoms with E-state index >= 15 is 0 Å². The first-order chi connectivity index (χ1) is 7.77. The number of nitrogens with zero attached hydrogens (tertiary/aromatic N) is 2. The minimum atomic E-state index is 0.863. The molecule has 0 aliphatic carbocycles. The zero-order valence-corrected chi connectivity index (χ0v) is 10.5. The lowest BCUT2D eigenvalue weighted by atomic mass is 10.2. The van der Waals surface area contributed by atoms with E-state index < -0.39 is 0 Å². The van der Waals surface area contributed by atoms with E-state index in [1.807, 2.05) is 55.5 Å². The quantitative estimate of drug-likeness (QED) is 0.675. The fourth-order valence-electron chi connectivity index (χ4n) is 1.31. The van der Waals surface area contributed by atoms with Gasteiger partial charge in [-0.1, -0.05) is 40.2 Å². The SMILES string of the molecule is Cc1c(Br)cccc1N=Nc1ccccc1. The van der Waals surface area contributed by atoms with Crippen molar-refractivity contribution in [3.05, 3.63) is 58.6 Å². The highest BCUT2D eigenvalue weighted by Gasteiger charge is 1.99. The first-order valence-corrected chi connectivity index (χ1v) is 5.78. The van der Waals surface area contributed by atoms with Crippen molar-refractivity contribution in [2.24, 2.45) is 10.2 Å². The first-order valence-electron chi connectivity index (χ1n) is 4.99. The lowest BCUT2D eigenvalue weighted by Crippen LogP contribution is -1.75. The molecule has 0 fully saturated rings. The number of rotatable bonds is 2. The Morgan fingerprint density at radius 2 is 1.62 bits per heavy atom. The minimum absolute atomic E-state index is 0.863. The van der Waals surface area contributed by atoms with Crippen LogP contribution in [0.25, 0.3) is 0 Å². The molecular weight excluding hydrogens is 264 g/mol. The van der Waals surface area contributed by atoms with Crippen LogP contribution in [0.2, 0.25) is 0 Å². The van der Waals surface area contributed by atoms with E-state index in [0.29, 0.717) is 0 Å². The zero-order chi connectivity index (χ0) is 11.4. The van der Waals surface area contributed by atoms with Crippen LogP contribution in [0.3, 0.4) is 0 Å². The molecular formula is C13H11BrN2. The van der Waals surface area contributed by atoms with Crippen LogP contribution in [-0.4, -0.2) is 0 Å². The molecule has 0 spiro atoms. The van der Waals surface area contributed by atoms with Crippen molar-refractivity contribution in [3.63, 3.8) is 0 Å². The highest BCUT2D eigenvalue weighted by Crippen LogP contribution is 2.27. The van der Waals surface area contributed by atoms with Gasteiger partial charge in [-0.15, -0.1) is 0 Å². The highest BCUT2D eigenvalue weighted by molar-refractivity contribution is 9.10. The van der Waals surface area contributed by atoms with E-state index in [1.54, 1.807) is 0 Å². The summed E-state index contributed by atoms with van der Waals surface area (Å²) >= 11 is 3.47. The van der Waals surface area contributed by atoms with E-state index in [9.17, 15) is 0 Å². The fraction of sp³-hybridized carbons (Fsp3) is 0.0769. The summed E-state index contributed by atoms with van der Waals surface area (Å²) in [5.74, 6) is 0. The van der Waals surface area contributed by atoms with Crippen molar-refractivity contribution in [1.82, 2.24) is 0 Å². The van der Waals surface area contributed by atoms with Gasteiger partial charge < -0.3 is 0 Å². The Balaban J connectivity index is 2.28. The number of azo groups is 1. The molecule has 2 nitrogen and oxygen atoms in total. The molecule has 0 saturated heterocycles. The molecule has 0 aromatic heterocycles. The summed E-state index contributed by atoms with van der Waals surface area (Å²) in [6.07, 6.45) is 0. The van der Waals surface area contributed by atoms with E-state index in [-0.39, 0.29) is 0 Å². The van der Waals surface area contributed by atoms with Gasteiger partial charge >= 0.3 is 0 Å². The maximum Gasteiger partial charge on any atom is 0.0897 e. The van der Waals surface area contributed by atoms with Gasteiger partial charge in [0, 0.05) is 4.47 Å². The van der Waals surface area contributed by atoms with Gasteiger partial charge in [0.1, 0.15) is 0 Å². The Morgan fingerprint density at radius 1 is 0.875 bits per heavy atom. The number of hydrogen-bond donors (Lipinski definition) is 0. The molecule has 0 unspecified atom stereocenters. The number of benzene rings is 2. The van der Waals surface area contributed by atoms with Gasteiger partial charge in [-0.05, 0) is 36.8 Å². The van der Waals surface area contributed by atoms with E-state index in [4.69, 9.17) is 0 Å². The predicted octanol–water partition coefficient (Wildman–Crippen LogP) is 5.17. The van der Waals surface area contributed by atoms with Gasteiger partial charge in [0.15, 0.2) is 0 Å². The molecule has 0 aliphatic rings. The van der Waals surface area contributed by atoms with Crippen molar-refractivity contribution in [2.75, 3.05) is 0 Å². The summed E-state index contributed by atoms with van der Waals surface area (Å²) in [4.78, 5) is 0. The smallest absolute Gasteiger partial charge is 0.0897 e. The molecule has 3 heteroatoms. The van der Waals surface area contributed by atoms with Crippen LogP contribution >= 0.6 is 15.9 Å². The first kappa shape index (κ1) is 11.0. The van der Waals surface area contributed by atoms with Crippen LogP contribution in [-0.2, 0) is 0 Å². The topological polar surface area (TPSA) is 24.7 Å². The molecule has 2 aromatic carbocycles. The van der Waals surface area contributed by atoms with E-state index in [1.165, 1.54) is 0 Å². The fourth-order valence-corrected chi connectivity index (χ4v) is 1.67. The average Bonchev–Trinajstić information content (AvgIpc) is 2.32.